The van der Waals surface area contributed by atoms with Crippen LogP contribution < -0.4 is 5.32 Å². The number of hydrogen-bond donors (Lipinski definition) is 1. The number of likely N-dealkylation sites (tertiary alicyclic amines) is 2. The maximum absolute atomic E-state index is 13.0. The third-order valence-electron chi connectivity index (χ3n) is 7.54. The fourth-order valence-corrected chi connectivity index (χ4v) is 5.37. The summed E-state index contributed by atoms with van der Waals surface area (Å²) in [5.41, 5.74) is 4.37. The molecular weight excluding hydrogens is 508 g/mol. The zero-order valence-corrected chi connectivity index (χ0v) is 22.8. The Morgan fingerprint density at radius 3 is 2.31 bits per heavy atom. The molecule has 0 atom stereocenters. The highest BCUT2D eigenvalue weighted by atomic mass is 35.5. The molecule has 7 heteroatoms. The first kappa shape index (κ1) is 26.9. The second-order valence-electron chi connectivity index (χ2n) is 10.2. The first-order valence-electron chi connectivity index (χ1n) is 13.7. The van der Waals surface area contributed by atoms with Crippen molar-refractivity contribution in [2.24, 2.45) is 0 Å². The van der Waals surface area contributed by atoms with Crippen LogP contribution in [0.3, 0.4) is 0 Å². The lowest BCUT2D eigenvalue weighted by molar-refractivity contribution is -0.111. The molecule has 39 heavy (non-hydrogen) atoms. The van der Waals surface area contributed by atoms with E-state index in [1.54, 1.807) is 30.5 Å². The Morgan fingerprint density at radius 1 is 0.923 bits per heavy atom. The monoisotopic (exact) mass is 540 g/mol. The molecule has 0 saturated carbocycles. The van der Waals surface area contributed by atoms with Crippen LogP contribution in [0.4, 0.5) is 5.69 Å². The van der Waals surface area contributed by atoms with Crippen molar-refractivity contribution in [2.45, 2.75) is 38.0 Å². The molecule has 3 heterocycles. The van der Waals surface area contributed by atoms with Crippen LogP contribution in [0, 0.1) is 11.8 Å². The van der Waals surface area contributed by atoms with Gasteiger partial charge < -0.3 is 15.1 Å². The number of rotatable bonds is 6. The molecule has 0 radical (unpaired) electrons. The quantitative estimate of drug-likeness (QED) is 0.426. The highest BCUT2D eigenvalue weighted by Gasteiger charge is 2.25. The summed E-state index contributed by atoms with van der Waals surface area (Å²) < 4.78 is 0. The highest BCUT2D eigenvalue weighted by molar-refractivity contribution is 6.30. The molecule has 1 N–H and O–H groups in total. The molecular formula is C32H33ClN4O2. The van der Waals surface area contributed by atoms with Crippen LogP contribution in [0.1, 0.15) is 58.8 Å². The topological polar surface area (TPSA) is 65.5 Å². The minimum atomic E-state index is -0.362. The molecule has 6 nitrogen and oxygen atoms in total. The maximum atomic E-state index is 13.0. The number of halogens is 1. The van der Waals surface area contributed by atoms with Gasteiger partial charge in [0.05, 0.1) is 5.56 Å². The summed E-state index contributed by atoms with van der Waals surface area (Å²) >= 11 is 5.88. The SMILES string of the molecule is O=C(C#Cc1ccc(Cl)cc1)Nc1ccc(C2CCN(C(=O)c3ccc(CCN4CCCC4)nc3)CC2)cc1. The number of pyridine rings is 1. The Balaban J connectivity index is 1.08. The van der Waals surface area contributed by atoms with Crippen LogP contribution in [-0.2, 0) is 11.2 Å². The molecule has 2 fully saturated rings. The number of aromatic nitrogens is 1. The molecule has 2 aliphatic heterocycles. The van der Waals surface area contributed by atoms with Crippen molar-refractivity contribution in [3.63, 3.8) is 0 Å². The normalized spacial score (nSPS) is 16.0. The van der Waals surface area contributed by atoms with E-state index in [0.717, 1.165) is 50.2 Å². The Morgan fingerprint density at radius 2 is 1.64 bits per heavy atom. The molecule has 0 spiro atoms. The van der Waals surface area contributed by atoms with E-state index in [1.165, 1.54) is 31.5 Å². The van der Waals surface area contributed by atoms with E-state index < -0.39 is 0 Å². The number of carbonyl (C=O) groups is 2. The van der Waals surface area contributed by atoms with Crippen LogP contribution in [0.5, 0.6) is 0 Å². The van der Waals surface area contributed by atoms with Crippen molar-refractivity contribution in [2.75, 3.05) is 38.0 Å². The zero-order valence-electron chi connectivity index (χ0n) is 22.0. The lowest BCUT2D eigenvalue weighted by Crippen LogP contribution is -2.38. The van der Waals surface area contributed by atoms with Crippen LogP contribution in [-0.4, -0.2) is 59.3 Å². The molecule has 2 aliphatic rings. The Hall–Kier alpha value is -3.66. The van der Waals surface area contributed by atoms with Gasteiger partial charge in [0.15, 0.2) is 0 Å². The van der Waals surface area contributed by atoms with Crippen molar-refractivity contribution in [1.82, 2.24) is 14.8 Å². The van der Waals surface area contributed by atoms with E-state index in [2.05, 4.69) is 39.2 Å². The Kier molecular flexibility index (Phi) is 8.93. The Bertz CT molecular complexity index is 1330. The molecule has 2 aromatic carbocycles. The summed E-state index contributed by atoms with van der Waals surface area (Å²) in [7, 11) is 0. The number of nitrogens with one attached hydrogen (secondary N) is 1. The van der Waals surface area contributed by atoms with Crippen molar-refractivity contribution < 1.29 is 9.59 Å². The van der Waals surface area contributed by atoms with Gasteiger partial charge >= 0.3 is 5.91 Å². The lowest BCUT2D eigenvalue weighted by atomic mass is 9.89. The van der Waals surface area contributed by atoms with Gasteiger partial charge in [0.2, 0.25) is 0 Å². The summed E-state index contributed by atoms with van der Waals surface area (Å²) in [5, 5.41) is 3.45. The first-order valence-corrected chi connectivity index (χ1v) is 14.1. The van der Waals surface area contributed by atoms with Crippen molar-refractivity contribution >= 4 is 29.1 Å². The van der Waals surface area contributed by atoms with Crippen LogP contribution >= 0.6 is 11.6 Å². The van der Waals surface area contributed by atoms with Crippen molar-refractivity contribution in [3.05, 3.63) is 94.3 Å². The van der Waals surface area contributed by atoms with Gasteiger partial charge in [-0.1, -0.05) is 29.7 Å². The van der Waals surface area contributed by atoms with Gasteiger partial charge in [-0.3, -0.25) is 14.6 Å². The lowest BCUT2D eigenvalue weighted by Gasteiger charge is -2.32. The summed E-state index contributed by atoms with van der Waals surface area (Å²) in [4.78, 5) is 34.2. The Labute approximate surface area is 235 Å². The summed E-state index contributed by atoms with van der Waals surface area (Å²) in [6, 6.07) is 18.9. The smallest absolute Gasteiger partial charge is 0.300 e. The average molecular weight is 541 g/mol. The third-order valence-corrected chi connectivity index (χ3v) is 7.79. The predicted octanol–water partition coefficient (Wildman–Crippen LogP) is 5.38. The number of anilines is 1. The van der Waals surface area contributed by atoms with Gasteiger partial charge in [-0.05, 0) is 98.8 Å². The van der Waals surface area contributed by atoms with E-state index in [-0.39, 0.29) is 11.8 Å². The number of amides is 2. The number of nitrogens with zero attached hydrogens (tertiary/aromatic N) is 3. The second-order valence-corrected chi connectivity index (χ2v) is 10.7. The van der Waals surface area contributed by atoms with Crippen LogP contribution in [0.25, 0.3) is 0 Å². The van der Waals surface area contributed by atoms with E-state index in [9.17, 15) is 9.59 Å². The number of benzene rings is 2. The molecule has 1 aromatic heterocycles. The van der Waals surface area contributed by atoms with Crippen molar-refractivity contribution in [3.8, 4) is 11.8 Å². The average Bonchev–Trinajstić information content (AvgIpc) is 3.50. The van der Waals surface area contributed by atoms with Gasteiger partial charge in [0.1, 0.15) is 0 Å². The standard InChI is InChI=1S/C32H33ClN4O2/c33-28-9-3-24(4-10-28)5-14-31(38)35-30-12-6-25(7-13-30)26-15-21-37(22-16-26)32(39)27-8-11-29(34-23-27)17-20-36-18-1-2-19-36/h3-4,6-13,23,26H,1-2,15-22H2,(H,35,38). The van der Waals surface area contributed by atoms with E-state index in [4.69, 9.17) is 11.6 Å². The molecule has 0 aliphatic carbocycles. The van der Waals surface area contributed by atoms with Crippen LogP contribution in [0.2, 0.25) is 5.02 Å². The van der Waals surface area contributed by atoms with E-state index in [1.807, 2.05) is 29.2 Å². The molecule has 0 bridgehead atoms. The van der Waals surface area contributed by atoms with Gasteiger partial charge in [0.25, 0.3) is 5.91 Å². The minimum absolute atomic E-state index is 0.0600. The number of piperidine rings is 1. The van der Waals surface area contributed by atoms with Gasteiger partial charge in [-0.2, -0.15) is 0 Å². The predicted molar refractivity (Wildman–Crippen MR) is 155 cm³/mol. The third kappa shape index (κ3) is 7.47. The van der Waals surface area contributed by atoms with E-state index in [0.29, 0.717) is 22.2 Å². The molecule has 3 aromatic rings. The highest BCUT2D eigenvalue weighted by Crippen LogP contribution is 2.29. The zero-order chi connectivity index (χ0) is 27.0. The van der Waals surface area contributed by atoms with Gasteiger partial charge in [0, 0.05) is 60.1 Å². The van der Waals surface area contributed by atoms with E-state index >= 15 is 0 Å². The molecule has 5 rings (SSSR count). The summed E-state index contributed by atoms with van der Waals surface area (Å²) in [6.07, 6.45) is 7.07. The van der Waals surface area contributed by atoms with Crippen molar-refractivity contribution in [1.29, 1.82) is 0 Å². The molecule has 2 amide bonds. The minimum Gasteiger partial charge on any atom is -0.339 e. The van der Waals surface area contributed by atoms with Crippen LogP contribution in [0.15, 0.2) is 66.9 Å². The largest absolute Gasteiger partial charge is 0.339 e. The number of hydrogen-bond acceptors (Lipinski definition) is 4. The number of carbonyl (C=O) groups excluding carboxylic acids is 2. The summed E-state index contributed by atoms with van der Waals surface area (Å²) in [6.45, 7) is 4.86. The second kappa shape index (κ2) is 12.9. The maximum Gasteiger partial charge on any atom is 0.300 e. The van der Waals surface area contributed by atoms with Gasteiger partial charge in [-0.25, -0.2) is 0 Å². The molecule has 2 saturated heterocycles. The molecule has 200 valence electrons. The van der Waals surface area contributed by atoms with Gasteiger partial charge in [-0.15, -0.1) is 0 Å². The summed E-state index contributed by atoms with van der Waals surface area (Å²) in [5.74, 6) is 5.53. The first-order chi connectivity index (χ1) is 19.0. The fourth-order valence-electron chi connectivity index (χ4n) is 5.24. The fraction of sp³-hybridized carbons (Fsp3) is 0.344. The molecule has 0 unspecified atom stereocenters.